The van der Waals surface area contributed by atoms with E-state index in [9.17, 15) is 24.8 Å². The fourth-order valence-electron chi connectivity index (χ4n) is 3.04. The van der Waals surface area contributed by atoms with E-state index in [2.05, 4.69) is 0 Å². The molecule has 1 unspecified atom stereocenters. The topological polar surface area (TPSA) is 119 Å². The molecule has 2 aliphatic rings. The standard InChI is InChI=1S/C18H12N2O7/c21-16-13-3-1-2-4-14(13)18(23)15(10-27-19(16)18)17(22)26-9-11-5-7-12(8-6-11)20(24)25/h1-8,10,23H,9H2. The Morgan fingerprint density at radius 2 is 1.93 bits per heavy atom. The normalized spacial score (nSPS) is 19.8. The molecule has 0 saturated carbocycles. The molecule has 2 aromatic carbocycles. The summed E-state index contributed by atoms with van der Waals surface area (Å²) in [7, 11) is 0. The number of carbonyl (C=O) groups excluding carboxylic acids is 2. The minimum absolute atomic E-state index is 0.0806. The monoisotopic (exact) mass is 368 g/mol. The van der Waals surface area contributed by atoms with Gasteiger partial charge < -0.3 is 14.7 Å². The number of hydrogen-bond acceptors (Lipinski definition) is 7. The molecule has 0 saturated heterocycles. The molecule has 1 atom stereocenters. The molecule has 9 nitrogen and oxygen atoms in total. The highest BCUT2D eigenvalue weighted by Crippen LogP contribution is 2.46. The summed E-state index contributed by atoms with van der Waals surface area (Å²) >= 11 is 0. The largest absolute Gasteiger partial charge is 0.457 e. The number of ether oxygens (including phenoxy) is 1. The van der Waals surface area contributed by atoms with Crippen LogP contribution in [-0.4, -0.2) is 27.0 Å². The van der Waals surface area contributed by atoms with E-state index in [0.717, 1.165) is 11.3 Å². The van der Waals surface area contributed by atoms with Gasteiger partial charge in [0, 0.05) is 17.7 Å². The molecule has 0 spiro atoms. The summed E-state index contributed by atoms with van der Waals surface area (Å²) in [5.41, 5.74) is -1.38. The third-order valence-corrected chi connectivity index (χ3v) is 4.40. The van der Waals surface area contributed by atoms with Gasteiger partial charge in [0.25, 0.3) is 11.6 Å². The summed E-state index contributed by atoms with van der Waals surface area (Å²) in [5.74, 6) is -1.44. The van der Waals surface area contributed by atoms with Gasteiger partial charge in [0.05, 0.1) is 10.5 Å². The molecule has 2 aliphatic heterocycles. The Hall–Kier alpha value is -3.72. The van der Waals surface area contributed by atoms with Crippen LogP contribution in [0.25, 0.3) is 0 Å². The molecule has 1 amide bonds. The van der Waals surface area contributed by atoms with Crippen LogP contribution in [0.2, 0.25) is 0 Å². The van der Waals surface area contributed by atoms with E-state index in [1.165, 1.54) is 36.4 Å². The molecule has 0 fully saturated rings. The zero-order valence-corrected chi connectivity index (χ0v) is 13.7. The van der Waals surface area contributed by atoms with E-state index in [4.69, 9.17) is 9.57 Å². The zero-order chi connectivity index (χ0) is 19.2. The Bertz CT molecular complexity index is 999. The minimum Gasteiger partial charge on any atom is -0.457 e. The summed E-state index contributed by atoms with van der Waals surface area (Å²) in [6.45, 7) is -0.167. The molecule has 2 heterocycles. The van der Waals surface area contributed by atoms with Gasteiger partial charge in [-0.3, -0.25) is 14.9 Å². The number of rotatable bonds is 4. The van der Waals surface area contributed by atoms with Crippen molar-refractivity contribution in [1.82, 2.24) is 5.06 Å². The number of nitrogens with zero attached hydrogens (tertiary/aromatic N) is 2. The molecule has 0 aromatic heterocycles. The van der Waals surface area contributed by atoms with E-state index >= 15 is 0 Å². The van der Waals surface area contributed by atoms with Crippen molar-refractivity contribution >= 4 is 17.6 Å². The van der Waals surface area contributed by atoms with Crippen molar-refractivity contribution in [3.63, 3.8) is 0 Å². The van der Waals surface area contributed by atoms with Crippen molar-refractivity contribution in [1.29, 1.82) is 0 Å². The molecule has 0 aliphatic carbocycles. The molecule has 136 valence electrons. The van der Waals surface area contributed by atoms with E-state index in [1.807, 2.05) is 0 Å². The van der Waals surface area contributed by atoms with E-state index in [0.29, 0.717) is 5.56 Å². The van der Waals surface area contributed by atoms with E-state index in [1.54, 1.807) is 12.1 Å². The minimum atomic E-state index is -2.06. The van der Waals surface area contributed by atoms with Gasteiger partial charge in [-0.05, 0) is 23.8 Å². The van der Waals surface area contributed by atoms with Crippen LogP contribution >= 0.6 is 0 Å². The van der Waals surface area contributed by atoms with Gasteiger partial charge in [-0.15, -0.1) is 5.06 Å². The van der Waals surface area contributed by atoms with Crippen molar-refractivity contribution in [2.24, 2.45) is 0 Å². The number of carbonyl (C=O) groups is 2. The highest BCUT2D eigenvalue weighted by Gasteiger charge is 2.59. The number of hydroxylamine groups is 2. The number of nitro groups is 1. The Labute approximate surface area is 152 Å². The highest BCUT2D eigenvalue weighted by molar-refractivity contribution is 6.03. The number of nitro benzene ring substituents is 1. The summed E-state index contributed by atoms with van der Waals surface area (Å²) < 4.78 is 5.18. The lowest BCUT2D eigenvalue weighted by Crippen LogP contribution is -2.42. The maximum absolute atomic E-state index is 12.5. The fraction of sp³-hybridized carbons (Fsp3) is 0.111. The van der Waals surface area contributed by atoms with E-state index < -0.39 is 22.5 Å². The van der Waals surface area contributed by atoms with Gasteiger partial charge in [-0.2, -0.15) is 0 Å². The van der Waals surface area contributed by atoms with Crippen molar-refractivity contribution in [2.75, 3.05) is 0 Å². The second-order valence-corrected chi connectivity index (χ2v) is 5.95. The third-order valence-electron chi connectivity index (χ3n) is 4.40. The number of hydrogen-bond donors (Lipinski definition) is 1. The Morgan fingerprint density at radius 1 is 1.22 bits per heavy atom. The van der Waals surface area contributed by atoms with Crippen LogP contribution in [0.3, 0.4) is 0 Å². The summed E-state index contributed by atoms with van der Waals surface area (Å²) in [5, 5.41) is 22.4. The Morgan fingerprint density at radius 3 is 2.63 bits per heavy atom. The van der Waals surface area contributed by atoms with Gasteiger partial charge in [-0.1, -0.05) is 18.2 Å². The quantitative estimate of drug-likeness (QED) is 0.496. The first-order valence-corrected chi connectivity index (χ1v) is 7.87. The number of benzene rings is 2. The molecule has 1 N–H and O–H groups in total. The molecule has 4 rings (SSSR count). The molecular weight excluding hydrogens is 356 g/mol. The average Bonchev–Trinajstić information content (AvgIpc) is 3.13. The Kier molecular flexibility index (Phi) is 3.67. The van der Waals surface area contributed by atoms with Crippen molar-refractivity contribution in [3.05, 3.63) is 87.2 Å². The third kappa shape index (κ3) is 2.44. The van der Waals surface area contributed by atoms with Crippen LogP contribution in [0.4, 0.5) is 5.69 Å². The summed E-state index contributed by atoms with van der Waals surface area (Å²) in [6, 6.07) is 11.8. The maximum atomic E-state index is 12.5. The predicted octanol–water partition coefficient (Wildman–Crippen LogP) is 1.77. The predicted molar refractivity (Wildman–Crippen MR) is 88.6 cm³/mol. The van der Waals surface area contributed by atoms with Crippen LogP contribution in [0.1, 0.15) is 21.5 Å². The fourth-order valence-corrected chi connectivity index (χ4v) is 3.04. The van der Waals surface area contributed by atoms with Gasteiger partial charge in [-0.25, -0.2) is 4.79 Å². The number of aliphatic hydroxyl groups is 1. The lowest BCUT2D eigenvalue weighted by molar-refractivity contribution is -0.384. The Balaban J connectivity index is 1.53. The number of amides is 1. The van der Waals surface area contributed by atoms with Crippen LogP contribution in [0, 0.1) is 10.1 Å². The van der Waals surface area contributed by atoms with Crippen LogP contribution < -0.4 is 0 Å². The van der Waals surface area contributed by atoms with Gasteiger partial charge in [0.2, 0.25) is 5.72 Å². The first-order valence-electron chi connectivity index (χ1n) is 7.87. The van der Waals surface area contributed by atoms with Crippen molar-refractivity contribution in [3.8, 4) is 0 Å². The van der Waals surface area contributed by atoms with E-state index in [-0.39, 0.29) is 29.0 Å². The molecule has 0 radical (unpaired) electrons. The summed E-state index contributed by atoms with van der Waals surface area (Å²) in [6.07, 6.45) is 0.978. The van der Waals surface area contributed by atoms with Crippen LogP contribution in [0.15, 0.2) is 60.4 Å². The second-order valence-electron chi connectivity index (χ2n) is 5.95. The molecule has 0 bridgehead atoms. The highest BCUT2D eigenvalue weighted by atomic mass is 16.7. The van der Waals surface area contributed by atoms with Crippen LogP contribution in [0.5, 0.6) is 0 Å². The number of esters is 1. The first kappa shape index (κ1) is 16.7. The van der Waals surface area contributed by atoms with Gasteiger partial charge in [0.15, 0.2) is 0 Å². The van der Waals surface area contributed by atoms with Gasteiger partial charge >= 0.3 is 5.97 Å². The smallest absolute Gasteiger partial charge is 0.343 e. The van der Waals surface area contributed by atoms with Crippen LogP contribution in [-0.2, 0) is 26.7 Å². The molecule has 27 heavy (non-hydrogen) atoms. The lowest BCUT2D eigenvalue weighted by Gasteiger charge is -2.25. The van der Waals surface area contributed by atoms with Crippen molar-refractivity contribution < 1.29 is 29.2 Å². The molecular formula is C18H12N2O7. The lowest BCUT2D eigenvalue weighted by atomic mass is 9.95. The van der Waals surface area contributed by atoms with Crippen molar-refractivity contribution in [2.45, 2.75) is 12.3 Å². The first-order chi connectivity index (χ1) is 12.9. The second kappa shape index (κ2) is 5.92. The van der Waals surface area contributed by atoms with Gasteiger partial charge in [0.1, 0.15) is 18.4 Å². The molecule has 2 aromatic rings. The zero-order valence-electron chi connectivity index (χ0n) is 13.7. The number of non-ortho nitro benzene ring substituents is 1. The SMILES string of the molecule is O=C(OCc1ccc([N+](=O)[O-])cc1)C1=CON2C(=O)c3ccccc3C12O. The average molecular weight is 368 g/mol. The maximum Gasteiger partial charge on any atom is 0.343 e. The molecule has 9 heteroatoms. The summed E-state index contributed by atoms with van der Waals surface area (Å²) in [4.78, 5) is 40.0. The number of fused-ring (bicyclic) bond motifs is 3.